The molecule has 0 aliphatic carbocycles. The molecule has 2 aromatic rings. The standard InChI is InChI=1S/C19H16N2O9S/c1-27-14-8-15(28-2)12(21(25)26)6-10(14)7-16-17(22)20(19(24)31-16)9-11-4-5-13(30-11)18(23)29-3/h4-8H,9H2,1-3H3. The van der Waals surface area contributed by atoms with Crippen molar-refractivity contribution in [1.82, 2.24) is 4.90 Å². The quantitative estimate of drug-likeness (QED) is 0.268. The lowest BCUT2D eigenvalue weighted by molar-refractivity contribution is -0.385. The molecule has 2 heterocycles. The molecular formula is C19H16N2O9S. The summed E-state index contributed by atoms with van der Waals surface area (Å²) in [5.74, 6) is -0.939. The third-order valence-corrected chi connectivity index (χ3v) is 5.16. The van der Waals surface area contributed by atoms with Crippen LogP contribution in [0.1, 0.15) is 21.9 Å². The molecule has 1 aliphatic heterocycles. The SMILES string of the molecule is COC(=O)c1ccc(CN2C(=O)SC(=Cc3cc([N+](=O)[O-])c(OC)cc3OC)C2=O)o1. The van der Waals surface area contributed by atoms with Crippen molar-refractivity contribution in [2.45, 2.75) is 6.54 Å². The van der Waals surface area contributed by atoms with Crippen molar-refractivity contribution in [3.63, 3.8) is 0 Å². The second kappa shape index (κ2) is 8.92. The Bertz CT molecular complexity index is 1110. The van der Waals surface area contributed by atoms with E-state index in [2.05, 4.69) is 4.74 Å². The van der Waals surface area contributed by atoms with Crippen LogP contribution in [0.4, 0.5) is 10.5 Å². The maximum absolute atomic E-state index is 12.7. The predicted octanol–water partition coefficient (Wildman–Crippen LogP) is 3.23. The molecule has 11 nitrogen and oxygen atoms in total. The van der Waals surface area contributed by atoms with Gasteiger partial charge in [0.05, 0.1) is 37.7 Å². The summed E-state index contributed by atoms with van der Waals surface area (Å²) < 4.78 is 20.1. The van der Waals surface area contributed by atoms with Crippen LogP contribution in [0.25, 0.3) is 6.08 Å². The van der Waals surface area contributed by atoms with Gasteiger partial charge >= 0.3 is 11.7 Å². The largest absolute Gasteiger partial charge is 0.496 e. The van der Waals surface area contributed by atoms with Crippen LogP contribution >= 0.6 is 11.8 Å². The molecule has 0 radical (unpaired) electrons. The summed E-state index contributed by atoms with van der Waals surface area (Å²) in [6, 6.07) is 5.35. The molecular weight excluding hydrogens is 432 g/mol. The summed E-state index contributed by atoms with van der Waals surface area (Å²) in [4.78, 5) is 48.2. The minimum atomic E-state index is -0.687. The Balaban J connectivity index is 1.89. The van der Waals surface area contributed by atoms with Crippen molar-refractivity contribution in [1.29, 1.82) is 0 Å². The van der Waals surface area contributed by atoms with Crippen LogP contribution < -0.4 is 9.47 Å². The molecule has 2 amide bonds. The van der Waals surface area contributed by atoms with E-state index in [9.17, 15) is 24.5 Å². The number of hydrogen-bond donors (Lipinski definition) is 0. The topological polar surface area (TPSA) is 138 Å². The first-order valence-electron chi connectivity index (χ1n) is 8.61. The number of benzene rings is 1. The molecule has 12 heteroatoms. The van der Waals surface area contributed by atoms with Gasteiger partial charge in [-0.25, -0.2) is 4.79 Å². The molecule has 0 unspecified atom stereocenters. The van der Waals surface area contributed by atoms with Gasteiger partial charge in [-0.2, -0.15) is 0 Å². The Morgan fingerprint density at radius 2 is 1.90 bits per heavy atom. The highest BCUT2D eigenvalue weighted by molar-refractivity contribution is 8.18. The maximum Gasteiger partial charge on any atom is 0.373 e. The number of furan rings is 1. The van der Waals surface area contributed by atoms with E-state index in [0.717, 1.165) is 4.90 Å². The molecule has 1 aromatic carbocycles. The molecule has 1 aromatic heterocycles. The van der Waals surface area contributed by atoms with E-state index in [4.69, 9.17) is 13.9 Å². The summed E-state index contributed by atoms with van der Waals surface area (Å²) in [5, 5.41) is 10.7. The zero-order valence-electron chi connectivity index (χ0n) is 16.6. The number of thioether (sulfide) groups is 1. The Kier molecular flexibility index (Phi) is 6.30. The minimum absolute atomic E-state index is 0.00802. The van der Waals surface area contributed by atoms with E-state index in [0.29, 0.717) is 11.8 Å². The van der Waals surface area contributed by atoms with Crippen molar-refractivity contribution in [2.75, 3.05) is 21.3 Å². The minimum Gasteiger partial charge on any atom is -0.496 e. The van der Waals surface area contributed by atoms with Crippen LogP contribution in [-0.4, -0.2) is 48.3 Å². The molecule has 0 bridgehead atoms. The number of carbonyl (C=O) groups is 3. The van der Waals surface area contributed by atoms with E-state index in [1.54, 1.807) is 0 Å². The number of hydrogen-bond acceptors (Lipinski definition) is 10. The monoisotopic (exact) mass is 448 g/mol. The zero-order valence-corrected chi connectivity index (χ0v) is 17.4. The first-order chi connectivity index (χ1) is 14.8. The molecule has 162 valence electrons. The van der Waals surface area contributed by atoms with Gasteiger partial charge in [-0.1, -0.05) is 0 Å². The van der Waals surface area contributed by atoms with Gasteiger partial charge in [0.25, 0.3) is 11.1 Å². The molecule has 1 saturated heterocycles. The molecule has 0 atom stereocenters. The average Bonchev–Trinajstić information content (AvgIpc) is 3.33. The molecule has 0 N–H and O–H groups in total. The van der Waals surface area contributed by atoms with Gasteiger partial charge in [0, 0.05) is 17.7 Å². The number of nitro benzene ring substituents is 1. The van der Waals surface area contributed by atoms with Gasteiger partial charge in [-0.3, -0.25) is 24.6 Å². The molecule has 1 fully saturated rings. The average molecular weight is 448 g/mol. The normalized spacial score (nSPS) is 14.8. The van der Waals surface area contributed by atoms with E-state index >= 15 is 0 Å². The van der Waals surface area contributed by atoms with E-state index < -0.39 is 22.0 Å². The summed E-state index contributed by atoms with van der Waals surface area (Å²) in [6.07, 6.45) is 1.33. The number of carbonyl (C=O) groups excluding carboxylic acids is 3. The molecule has 1 aliphatic rings. The van der Waals surface area contributed by atoms with Crippen molar-refractivity contribution >= 4 is 40.6 Å². The number of nitrogens with zero attached hydrogens (tertiary/aromatic N) is 2. The summed E-state index contributed by atoms with van der Waals surface area (Å²) in [6.45, 7) is -0.196. The van der Waals surface area contributed by atoms with Crippen molar-refractivity contribution in [3.8, 4) is 11.5 Å². The zero-order chi connectivity index (χ0) is 22.7. The lowest BCUT2D eigenvalue weighted by Crippen LogP contribution is -2.27. The highest BCUT2D eigenvalue weighted by Gasteiger charge is 2.36. The van der Waals surface area contributed by atoms with Gasteiger partial charge in [0.2, 0.25) is 11.5 Å². The lowest BCUT2D eigenvalue weighted by atomic mass is 10.1. The smallest absolute Gasteiger partial charge is 0.373 e. The molecule has 3 rings (SSSR count). The fraction of sp³-hybridized carbons (Fsp3) is 0.211. The summed E-state index contributed by atoms with van der Waals surface area (Å²) in [5.41, 5.74) is -0.0915. The number of nitro groups is 1. The Labute approximate surface area is 179 Å². The Hall–Kier alpha value is -3.80. The highest BCUT2D eigenvalue weighted by atomic mass is 32.2. The molecule has 31 heavy (non-hydrogen) atoms. The fourth-order valence-electron chi connectivity index (χ4n) is 2.77. The second-order valence-electron chi connectivity index (χ2n) is 6.05. The van der Waals surface area contributed by atoms with Gasteiger partial charge in [-0.15, -0.1) is 0 Å². The predicted molar refractivity (Wildman–Crippen MR) is 108 cm³/mol. The van der Waals surface area contributed by atoms with Gasteiger partial charge in [0.1, 0.15) is 11.5 Å². The maximum atomic E-state index is 12.7. The van der Waals surface area contributed by atoms with Crippen molar-refractivity contribution in [2.24, 2.45) is 0 Å². The van der Waals surface area contributed by atoms with E-state index in [1.165, 1.54) is 51.7 Å². The Morgan fingerprint density at radius 1 is 1.19 bits per heavy atom. The van der Waals surface area contributed by atoms with E-state index in [-0.39, 0.29) is 45.7 Å². The highest BCUT2D eigenvalue weighted by Crippen LogP contribution is 2.39. The van der Waals surface area contributed by atoms with E-state index in [1.807, 2.05) is 0 Å². The van der Waals surface area contributed by atoms with Crippen LogP contribution in [0.3, 0.4) is 0 Å². The van der Waals surface area contributed by atoms with Crippen molar-refractivity contribution in [3.05, 3.63) is 56.4 Å². The third kappa shape index (κ3) is 4.38. The van der Waals surface area contributed by atoms with Crippen LogP contribution in [0.2, 0.25) is 0 Å². The second-order valence-corrected chi connectivity index (χ2v) is 7.04. The number of methoxy groups -OCH3 is 3. The number of amides is 2. The third-order valence-electron chi connectivity index (χ3n) is 4.25. The van der Waals surface area contributed by atoms with Crippen LogP contribution in [-0.2, 0) is 16.1 Å². The van der Waals surface area contributed by atoms with Crippen molar-refractivity contribution < 1.29 is 37.9 Å². The first kappa shape index (κ1) is 21.9. The number of esters is 1. The number of rotatable bonds is 7. The summed E-state index contributed by atoms with van der Waals surface area (Å²) in [7, 11) is 3.84. The molecule has 0 saturated carbocycles. The lowest BCUT2D eigenvalue weighted by Gasteiger charge is -2.10. The Morgan fingerprint density at radius 3 is 2.52 bits per heavy atom. The number of ether oxygens (including phenoxy) is 3. The number of imide groups is 1. The van der Waals surface area contributed by atoms with Gasteiger partial charge < -0.3 is 18.6 Å². The van der Waals surface area contributed by atoms with Gasteiger partial charge in [-0.05, 0) is 30.0 Å². The van der Waals surface area contributed by atoms with Crippen LogP contribution in [0.5, 0.6) is 11.5 Å². The van der Waals surface area contributed by atoms with Crippen LogP contribution in [0, 0.1) is 10.1 Å². The molecule has 0 spiro atoms. The summed E-state index contributed by atoms with van der Waals surface area (Å²) >= 11 is 0.665. The fourth-order valence-corrected chi connectivity index (χ4v) is 3.60. The van der Waals surface area contributed by atoms with Crippen LogP contribution in [0.15, 0.2) is 33.6 Å². The van der Waals surface area contributed by atoms with Gasteiger partial charge in [0.15, 0.2) is 0 Å². The first-order valence-corrected chi connectivity index (χ1v) is 9.43.